The second kappa shape index (κ2) is 6.23. The van der Waals surface area contributed by atoms with Gasteiger partial charge in [-0.2, -0.15) is 0 Å². The maximum Gasteiger partial charge on any atom is 0.205 e. The standard InChI is InChI=1S/C17H17ClO3S/c1-3-22(20,21)17(2,18)16(19)15-11-9-14(10-12-15)13-7-5-4-6-8-13/h4-12H,3H2,1-2H3. The molecule has 0 bridgehead atoms. The van der Waals surface area contributed by atoms with Gasteiger partial charge in [-0.3, -0.25) is 4.79 Å². The molecule has 0 aromatic heterocycles. The van der Waals surface area contributed by atoms with Gasteiger partial charge in [-0.05, 0) is 18.1 Å². The summed E-state index contributed by atoms with van der Waals surface area (Å²) in [4.78, 5) is 12.4. The Kier molecular flexibility index (Phi) is 4.73. The molecule has 2 aromatic carbocycles. The number of sulfone groups is 1. The average molecular weight is 337 g/mol. The number of alkyl halides is 1. The quantitative estimate of drug-likeness (QED) is 0.614. The van der Waals surface area contributed by atoms with Gasteiger partial charge in [-0.25, -0.2) is 8.42 Å². The summed E-state index contributed by atoms with van der Waals surface area (Å²) in [6.07, 6.45) is 0. The molecule has 0 saturated heterocycles. The SMILES string of the molecule is CCS(=O)(=O)C(C)(Cl)C(=O)c1ccc(-c2ccccc2)cc1. The Bertz CT molecular complexity index is 763. The van der Waals surface area contributed by atoms with Crippen molar-refractivity contribution in [1.82, 2.24) is 0 Å². The van der Waals surface area contributed by atoms with Crippen LogP contribution in [0.1, 0.15) is 24.2 Å². The Morgan fingerprint density at radius 2 is 1.50 bits per heavy atom. The molecule has 0 fully saturated rings. The molecule has 22 heavy (non-hydrogen) atoms. The van der Waals surface area contributed by atoms with Crippen molar-refractivity contribution >= 4 is 27.2 Å². The third-order valence-electron chi connectivity index (χ3n) is 3.62. The Morgan fingerprint density at radius 1 is 1.00 bits per heavy atom. The number of hydrogen-bond donors (Lipinski definition) is 0. The maximum atomic E-state index is 12.4. The van der Waals surface area contributed by atoms with Crippen LogP contribution in [-0.4, -0.2) is 24.2 Å². The molecule has 2 rings (SSSR count). The third-order valence-corrected chi connectivity index (χ3v) is 6.61. The van der Waals surface area contributed by atoms with Gasteiger partial charge in [-0.1, -0.05) is 73.1 Å². The topological polar surface area (TPSA) is 51.2 Å². The van der Waals surface area contributed by atoms with E-state index >= 15 is 0 Å². The minimum atomic E-state index is -3.69. The van der Waals surface area contributed by atoms with Crippen molar-refractivity contribution in [2.45, 2.75) is 18.1 Å². The van der Waals surface area contributed by atoms with E-state index in [1.165, 1.54) is 13.8 Å². The van der Waals surface area contributed by atoms with Crippen LogP contribution in [0.3, 0.4) is 0 Å². The molecule has 0 amide bonds. The number of ketones is 1. The van der Waals surface area contributed by atoms with E-state index < -0.39 is 19.8 Å². The summed E-state index contributed by atoms with van der Waals surface area (Å²) in [5, 5.41) is 0. The van der Waals surface area contributed by atoms with E-state index in [0.717, 1.165) is 11.1 Å². The molecule has 2 aromatic rings. The lowest BCUT2D eigenvalue weighted by atomic mass is 10.0. The smallest absolute Gasteiger partial charge is 0.205 e. The predicted molar refractivity (Wildman–Crippen MR) is 89.9 cm³/mol. The van der Waals surface area contributed by atoms with E-state index in [1.807, 2.05) is 30.3 Å². The van der Waals surface area contributed by atoms with Gasteiger partial charge in [-0.15, -0.1) is 0 Å². The van der Waals surface area contributed by atoms with Gasteiger partial charge in [0.25, 0.3) is 0 Å². The Morgan fingerprint density at radius 3 is 2.00 bits per heavy atom. The number of rotatable bonds is 5. The van der Waals surface area contributed by atoms with Crippen LogP contribution in [0.4, 0.5) is 0 Å². The van der Waals surface area contributed by atoms with Crippen LogP contribution in [-0.2, 0) is 9.84 Å². The van der Waals surface area contributed by atoms with Gasteiger partial charge in [0.05, 0.1) is 0 Å². The Balaban J connectivity index is 2.33. The molecule has 3 nitrogen and oxygen atoms in total. The summed E-state index contributed by atoms with van der Waals surface area (Å²) < 4.78 is 22.0. The average Bonchev–Trinajstić information content (AvgIpc) is 2.55. The zero-order chi connectivity index (χ0) is 16.4. The highest BCUT2D eigenvalue weighted by molar-refractivity contribution is 7.95. The lowest BCUT2D eigenvalue weighted by Gasteiger charge is -2.20. The van der Waals surface area contributed by atoms with Crippen LogP contribution in [0, 0.1) is 0 Å². The van der Waals surface area contributed by atoms with E-state index in [2.05, 4.69) is 0 Å². The monoisotopic (exact) mass is 336 g/mol. The number of hydrogen-bond acceptors (Lipinski definition) is 3. The number of halogens is 1. The molecule has 1 unspecified atom stereocenters. The summed E-state index contributed by atoms with van der Waals surface area (Å²) >= 11 is 6.03. The lowest BCUT2D eigenvalue weighted by Crippen LogP contribution is -2.39. The Labute approximate surface area is 135 Å². The first-order chi connectivity index (χ1) is 10.3. The molecule has 116 valence electrons. The fourth-order valence-corrected chi connectivity index (χ4v) is 3.49. The van der Waals surface area contributed by atoms with Crippen molar-refractivity contribution in [3.05, 3.63) is 60.2 Å². The van der Waals surface area contributed by atoms with Crippen molar-refractivity contribution in [2.24, 2.45) is 0 Å². The van der Waals surface area contributed by atoms with Gasteiger partial charge in [0, 0.05) is 11.3 Å². The first-order valence-electron chi connectivity index (χ1n) is 6.91. The molecule has 0 saturated carbocycles. The molecule has 0 N–H and O–H groups in total. The van der Waals surface area contributed by atoms with Gasteiger partial charge >= 0.3 is 0 Å². The van der Waals surface area contributed by atoms with Crippen LogP contribution in [0.5, 0.6) is 0 Å². The van der Waals surface area contributed by atoms with E-state index in [0.29, 0.717) is 0 Å². The van der Waals surface area contributed by atoms with Crippen molar-refractivity contribution < 1.29 is 13.2 Å². The summed E-state index contributed by atoms with van der Waals surface area (Å²) in [6, 6.07) is 16.5. The van der Waals surface area contributed by atoms with E-state index in [9.17, 15) is 13.2 Å². The molecule has 0 aliphatic carbocycles. The molecule has 0 aliphatic heterocycles. The van der Waals surface area contributed by atoms with E-state index in [1.54, 1.807) is 24.3 Å². The van der Waals surface area contributed by atoms with Crippen LogP contribution in [0.15, 0.2) is 54.6 Å². The fourth-order valence-electron chi connectivity index (χ4n) is 2.11. The summed E-state index contributed by atoms with van der Waals surface area (Å²) in [7, 11) is -3.69. The summed E-state index contributed by atoms with van der Waals surface area (Å²) in [5.74, 6) is -0.781. The number of Topliss-reactive ketones (excluding diaryl/α,β-unsaturated/α-hetero) is 1. The second-order valence-electron chi connectivity index (χ2n) is 5.09. The predicted octanol–water partition coefficient (Wildman–Crippen LogP) is 3.93. The van der Waals surface area contributed by atoms with Crippen molar-refractivity contribution in [1.29, 1.82) is 0 Å². The highest BCUT2D eigenvalue weighted by Gasteiger charge is 2.43. The third kappa shape index (κ3) is 3.08. The molecule has 0 heterocycles. The van der Waals surface area contributed by atoms with Gasteiger partial charge in [0.2, 0.25) is 4.21 Å². The number of carbonyl (C=O) groups is 1. The highest BCUT2D eigenvalue weighted by Crippen LogP contribution is 2.29. The zero-order valence-corrected chi connectivity index (χ0v) is 14.0. The van der Waals surface area contributed by atoms with Gasteiger partial charge < -0.3 is 0 Å². The minimum absolute atomic E-state index is 0.180. The number of benzene rings is 2. The van der Waals surface area contributed by atoms with E-state index in [-0.39, 0.29) is 11.3 Å². The molecular formula is C17H17ClO3S. The Hall–Kier alpha value is -1.65. The molecule has 0 radical (unpaired) electrons. The van der Waals surface area contributed by atoms with Crippen LogP contribution in [0.25, 0.3) is 11.1 Å². The lowest BCUT2D eigenvalue weighted by molar-refractivity contribution is 0.0978. The van der Waals surface area contributed by atoms with Crippen molar-refractivity contribution in [2.75, 3.05) is 5.75 Å². The van der Waals surface area contributed by atoms with Gasteiger partial charge in [0.15, 0.2) is 15.6 Å². The highest BCUT2D eigenvalue weighted by atomic mass is 35.5. The van der Waals surface area contributed by atoms with Crippen LogP contribution < -0.4 is 0 Å². The van der Waals surface area contributed by atoms with Crippen LogP contribution >= 0.6 is 11.6 Å². The summed E-state index contributed by atoms with van der Waals surface area (Å²) in [6.45, 7) is 2.71. The van der Waals surface area contributed by atoms with Crippen molar-refractivity contribution in [3.63, 3.8) is 0 Å². The normalized spacial score (nSPS) is 14.3. The minimum Gasteiger partial charge on any atom is -0.291 e. The fraction of sp³-hybridized carbons (Fsp3) is 0.235. The van der Waals surface area contributed by atoms with Crippen molar-refractivity contribution in [3.8, 4) is 11.1 Å². The maximum absolute atomic E-state index is 12.4. The van der Waals surface area contributed by atoms with Gasteiger partial charge in [0.1, 0.15) is 0 Å². The molecule has 5 heteroatoms. The molecule has 1 atom stereocenters. The molecule has 0 aliphatic rings. The number of carbonyl (C=O) groups excluding carboxylic acids is 1. The molecule has 0 spiro atoms. The van der Waals surface area contributed by atoms with E-state index in [4.69, 9.17) is 11.6 Å². The zero-order valence-electron chi connectivity index (χ0n) is 12.4. The largest absolute Gasteiger partial charge is 0.291 e. The first-order valence-corrected chi connectivity index (χ1v) is 8.94. The first kappa shape index (κ1) is 16.7. The molecular weight excluding hydrogens is 320 g/mol. The second-order valence-corrected chi connectivity index (χ2v) is 8.70. The summed E-state index contributed by atoms with van der Waals surface area (Å²) in [5.41, 5.74) is 2.26. The van der Waals surface area contributed by atoms with Crippen LogP contribution in [0.2, 0.25) is 0 Å².